The van der Waals surface area contributed by atoms with Gasteiger partial charge in [0.2, 0.25) is 0 Å². The lowest BCUT2D eigenvalue weighted by Gasteiger charge is -2.33. The lowest BCUT2D eigenvalue weighted by molar-refractivity contribution is 0.660. The molecule has 1 atom stereocenters. The van der Waals surface area contributed by atoms with Crippen LogP contribution in [0, 0.1) is 0 Å². The second-order valence-electron chi connectivity index (χ2n) is 15.6. The lowest BCUT2D eigenvalue weighted by atomic mass is 9.69. The molecule has 4 aliphatic carbocycles. The molecule has 256 valence electrons. The van der Waals surface area contributed by atoms with Crippen molar-refractivity contribution in [1.82, 2.24) is 0 Å². The molecule has 1 unspecified atom stereocenters. The molecule has 0 N–H and O–H groups in total. The van der Waals surface area contributed by atoms with Gasteiger partial charge in [-0.3, -0.25) is 0 Å². The Labute approximate surface area is 317 Å². The Hall–Kier alpha value is -6.44. The molecule has 7 aromatic carbocycles. The zero-order chi connectivity index (χ0) is 36.0. The fraction of sp³-hybridized carbons (Fsp3) is 0.0943. The lowest BCUT2D eigenvalue weighted by Crippen LogP contribution is -2.27. The monoisotopic (exact) mass is 689 g/mol. The SMILES string of the molecule is CC1(C)c2ccccc2-c2cc(N(c3cccc(-c4ccccc4)c3)c3ccc4c(c3)C3(C5=C(CC=CC=C5)c5ccccc53)c3ccccc3-4)ccc21. The van der Waals surface area contributed by atoms with Crippen molar-refractivity contribution in [2.45, 2.75) is 31.1 Å². The van der Waals surface area contributed by atoms with Crippen molar-refractivity contribution in [3.05, 3.63) is 227 Å². The number of hydrogen-bond donors (Lipinski definition) is 0. The first-order chi connectivity index (χ1) is 26.5. The number of fused-ring (bicyclic) bond motifs is 12. The third kappa shape index (κ3) is 4.21. The van der Waals surface area contributed by atoms with Crippen LogP contribution in [0.1, 0.15) is 53.6 Å². The van der Waals surface area contributed by atoms with Gasteiger partial charge in [0.1, 0.15) is 0 Å². The fourth-order valence-corrected chi connectivity index (χ4v) is 10.2. The average molecular weight is 690 g/mol. The van der Waals surface area contributed by atoms with Gasteiger partial charge in [0.05, 0.1) is 5.41 Å². The highest BCUT2D eigenvalue weighted by molar-refractivity contribution is 5.97. The molecule has 4 aliphatic rings. The summed E-state index contributed by atoms with van der Waals surface area (Å²) in [5.41, 5.74) is 21.7. The summed E-state index contributed by atoms with van der Waals surface area (Å²) < 4.78 is 0. The van der Waals surface area contributed by atoms with Gasteiger partial charge >= 0.3 is 0 Å². The van der Waals surface area contributed by atoms with Gasteiger partial charge in [-0.05, 0) is 121 Å². The van der Waals surface area contributed by atoms with Crippen LogP contribution < -0.4 is 4.90 Å². The van der Waals surface area contributed by atoms with Crippen molar-refractivity contribution in [2.75, 3.05) is 4.90 Å². The molecule has 1 nitrogen and oxygen atoms in total. The number of benzene rings is 7. The van der Waals surface area contributed by atoms with E-state index >= 15 is 0 Å². The quantitative estimate of drug-likeness (QED) is 0.178. The fourth-order valence-electron chi connectivity index (χ4n) is 10.2. The van der Waals surface area contributed by atoms with Crippen molar-refractivity contribution >= 4 is 22.6 Å². The summed E-state index contributed by atoms with van der Waals surface area (Å²) in [7, 11) is 0. The molecule has 0 aliphatic heterocycles. The maximum Gasteiger partial charge on any atom is 0.0723 e. The molecular weight excluding hydrogens is 651 g/mol. The third-order valence-corrected chi connectivity index (χ3v) is 12.5. The molecule has 1 heteroatoms. The predicted molar refractivity (Wildman–Crippen MR) is 226 cm³/mol. The van der Waals surface area contributed by atoms with Crippen molar-refractivity contribution in [2.24, 2.45) is 0 Å². The van der Waals surface area contributed by atoms with E-state index in [1.165, 1.54) is 77.9 Å². The van der Waals surface area contributed by atoms with Crippen molar-refractivity contribution in [3.8, 4) is 33.4 Å². The van der Waals surface area contributed by atoms with E-state index in [9.17, 15) is 0 Å². The normalized spacial score (nSPS) is 17.7. The Morgan fingerprint density at radius 3 is 1.83 bits per heavy atom. The minimum atomic E-state index is -0.408. The zero-order valence-corrected chi connectivity index (χ0v) is 30.6. The predicted octanol–water partition coefficient (Wildman–Crippen LogP) is 13.7. The van der Waals surface area contributed by atoms with Gasteiger partial charge in [-0.1, -0.05) is 166 Å². The van der Waals surface area contributed by atoms with Crippen LogP contribution in [0.4, 0.5) is 17.1 Å². The van der Waals surface area contributed by atoms with Crippen LogP contribution in [-0.2, 0) is 10.8 Å². The van der Waals surface area contributed by atoms with Gasteiger partial charge in [-0.2, -0.15) is 0 Å². The molecule has 1 spiro atoms. The molecule has 0 saturated carbocycles. The molecule has 0 amide bonds. The van der Waals surface area contributed by atoms with Gasteiger partial charge in [0.15, 0.2) is 0 Å². The highest BCUT2D eigenvalue weighted by atomic mass is 15.1. The molecule has 0 saturated heterocycles. The summed E-state index contributed by atoms with van der Waals surface area (Å²) in [6, 6.07) is 61.3. The minimum Gasteiger partial charge on any atom is -0.310 e. The van der Waals surface area contributed by atoms with Crippen LogP contribution in [0.2, 0.25) is 0 Å². The van der Waals surface area contributed by atoms with Gasteiger partial charge in [-0.25, -0.2) is 0 Å². The van der Waals surface area contributed by atoms with E-state index < -0.39 is 5.41 Å². The van der Waals surface area contributed by atoms with E-state index in [2.05, 4.69) is 207 Å². The largest absolute Gasteiger partial charge is 0.310 e. The third-order valence-electron chi connectivity index (χ3n) is 12.5. The Balaban J connectivity index is 1.18. The first-order valence-corrected chi connectivity index (χ1v) is 19.2. The smallest absolute Gasteiger partial charge is 0.0723 e. The Kier molecular flexibility index (Phi) is 6.64. The number of hydrogen-bond acceptors (Lipinski definition) is 1. The van der Waals surface area contributed by atoms with Crippen molar-refractivity contribution < 1.29 is 0 Å². The second kappa shape index (κ2) is 11.5. The first kappa shape index (κ1) is 31.1. The topological polar surface area (TPSA) is 3.24 Å². The number of nitrogens with zero attached hydrogens (tertiary/aromatic N) is 1. The number of allylic oxidation sites excluding steroid dienone is 6. The summed E-state index contributed by atoms with van der Waals surface area (Å²) in [5, 5.41) is 0. The maximum absolute atomic E-state index is 2.51. The van der Waals surface area contributed by atoms with Crippen molar-refractivity contribution in [3.63, 3.8) is 0 Å². The Bertz CT molecular complexity index is 2780. The minimum absolute atomic E-state index is 0.0589. The van der Waals surface area contributed by atoms with E-state index in [1.807, 2.05) is 0 Å². The molecule has 7 aromatic rings. The Morgan fingerprint density at radius 2 is 1.02 bits per heavy atom. The Morgan fingerprint density at radius 1 is 0.426 bits per heavy atom. The summed E-state index contributed by atoms with van der Waals surface area (Å²) in [4.78, 5) is 2.48. The molecule has 0 heterocycles. The van der Waals surface area contributed by atoms with Crippen LogP contribution in [0.3, 0.4) is 0 Å². The molecule has 54 heavy (non-hydrogen) atoms. The summed E-state index contributed by atoms with van der Waals surface area (Å²) in [5.74, 6) is 0. The second-order valence-corrected chi connectivity index (χ2v) is 15.6. The molecule has 11 rings (SSSR count). The average Bonchev–Trinajstić information content (AvgIpc) is 3.64. The van der Waals surface area contributed by atoms with Gasteiger partial charge in [0.25, 0.3) is 0 Å². The molecule has 0 radical (unpaired) electrons. The number of anilines is 3. The van der Waals surface area contributed by atoms with E-state index in [4.69, 9.17) is 0 Å². The van der Waals surface area contributed by atoms with Crippen LogP contribution in [0.5, 0.6) is 0 Å². The molecular formula is C53H39N. The van der Waals surface area contributed by atoms with Gasteiger partial charge < -0.3 is 4.90 Å². The van der Waals surface area contributed by atoms with Crippen LogP contribution in [0.15, 0.2) is 194 Å². The van der Waals surface area contributed by atoms with Gasteiger partial charge in [0, 0.05) is 22.5 Å². The van der Waals surface area contributed by atoms with E-state index in [1.54, 1.807) is 0 Å². The summed E-state index contributed by atoms with van der Waals surface area (Å²) in [6.07, 6.45) is 10.1. The highest BCUT2D eigenvalue weighted by Crippen LogP contribution is 2.63. The van der Waals surface area contributed by atoms with E-state index in [-0.39, 0.29) is 5.41 Å². The van der Waals surface area contributed by atoms with Crippen molar-refractivity contribution in [1.29, 1.82) is 0 Å². The molecule has 0 bridgehead atoms. The van der Waals surface area contributed by atoms with Crippen LogP contribution >= 0.6 is 0 Å². The highest BCUT2D eigenvalue weighted by Gasteiger charge is 2.52. The summed E-state index contributed by atoms with van der Waals surface area (Å²) in [6.45, 7) is 4.71. The van der Waals surface area contributed by atoms with E-state index in [0.29, 0.717) is 0 Å². The van der Waals surface area contributed by atoms with E-state index in [0.717, 1.165) is 23.5 Å². The standard InChI is InChI=1S/C53H39N/c1-52(2)46-24-12-9-23-43(46)45-33-38(29-31-47(45)52)54(37-19-15-18-36(32-37)35-16-5-3-6-17-35)39-28-30-44-42-22-11-14-27-50(42)53(51(44)34-39)48-25-8-4-7-20-40(48)41-21-10-13-26-49(41)53/h3-19,21-34H,20H2,1-2H3. The summed E-state index contributed by atoms with van der Waals surface area (Å²) >= 11 is 0. The molecule has 0 aromatic heterocycles. The van der Waals surface area contributed by atoms with Crippen LogP contribution in [-0.4, -0.2) is 0 Å². The molecule has 0 fully saturated rings. The van der Waals surface area contributed by atoms with Gasteiger partial charge in [-0.15, -0.1) is 0 Å². The first-order valence-electron chi connectivity index (χ1n) is 19.2. The van der Waals surface area contributed by atoms with Crippen LogP contribution in [0.25, 0.3) is 39.0 Å². The zero-order valence-electron chi connectivity index (χ0n) is 30.6. The maximum atomic E-state index is 2.51. The number of rotatable bonds is 4.